The molecule has 0 fully saturated rings. The predicted octanol–water partition coefficient (Wildman–Crippen LogP) is 2.93. The van der Waals surface area contributed by atoms with E-state index in [4.69, 9.17) is 0 Å². The van der Waals surface area contributed by atoms with Crippen LogP contribution in [0.25, 0.3) is 0 Å². The molecule has 0 N–H and O–H groups in total. The van der Waals surface area contributed by atoms with Crippen molar-refractivity contribution in [3.8, 4) is 0 Å². The predicted molar refractivity (Wildman–Crippen MR) is 51.7 cm³/mol. The van der Waals surface area contributed by atoms with Crippen LogP contribution < -0.4 is 0 Å². The monoisotopic (exact) mass is 143 g/mol. The Balaban J connectivity index is 0.000001000. The summed E-state index contributed by atoms with van der Waals surface area (Å²) in [5, 5.41) is 0. The molecule has 11 heavy (non-hydrogen) atoms. The molecule has 0 aromatic rings. The second-order valence-electron chi connectivity index (χ2n) is 3.34. The third-order valence-corrected chi connectivity index (χ3v) is 3.04. The zero-order chi connectivity index (χ0) is 7.89. The van der Waals surface area contributed by atoms with Crippen LogP contribution in [0.2, 0.25) is 0 Å². The molecule has 57 valence electrons. The van der Waals surface area contributed by atoms with Crippen LogP contribution >= 0.6 is 0 Å². The molecule has 0 bridgehead atoms. The van der Waals surface area contributed by atoms with Crippen molar-refractivity contribution in [2.45, 2.75) is 34.6 Å². The molecule has 0 atom stereocenters. The third-order valence-electron chi connectivity index (χ3n) is 3.04. The van der Waals surface area contributed by atoms with Crippen LogP contribution in [0.5, 0.6) is 0 Å². The van der Waals surface area contributed by atoms with Crippen LogP contribution in [0, 0.1) is 5.92 Å². The minimum atomic E-state index is 0. The van der Waals surface area contributed by atoms with Crippen molar-refractivity contribution in [3.63, 3.8) is 0 Å². The summed E-state index contributed by atoms with van der Waals surface area (Å²) in [6.45, 7) is 11.2. The van der Waals surface area contributed by atoms with Crippen LogP contribution in [-0.2, 0) is 0 Å². The Bertz CT molecular complexity index is 197. The van der Waals surface area contributed by atoms with Crippen LogP contribution in [0.3, 0.4) is 0 Å². The van der Waals surface area contributed by atoms with Gasteiger partial charge >= 0.3 is 0 Å². The molecule has 0 nitrogen and oxygen atoms in total. The SMILES string of the molecule is CC1=C(C)C(C)C(C)=C1C.[Li]. The summed E-state index contributed by atoms with van der Waals surface area (Å²) in [6, 6.07) is 0. The van der Waals surface area contributed by atoms with E-state index in [-0.39, 0.29) is 18.9 Å². The molecule has 0 saturated carbocycles. The average Bonchev–Trinajstić information content (AvgIpc) is 2.07. The van der Waals surface area contributed by atoms with Gasteiger partial charge < -0.3 is 0 Å². The zero-order valence-electron chi connectivity index (χ0n) is 8.58. The summed E-state index contributed by atoms with van der Waals surface area (Å²) in [4.78, 5) is 0. The molecule has 1 radical (unpaired) electrons. The fourth-order valence-electron chi connectivity index (χ4n) is 1.57. The Kier molecular flexibility index (Phi) is 3.68. The quantitative estimate of drug-likeness (QED) is 0.457. The van der Waals surface area contributed by atoms with Crippen molar-refractivity contribution in [2.75, 3.05) is 0 Å². The van der Waals surface area contributed by atoms with E-state index in [0.717, 1.165) is 0 Å². The molecule has 1 aliphatic rings. The van der Waals surface area contributed by atoms with E-state index in [1.807, 2.05) is 0 Å². The van der Waals surface area contributed by atoms with Gasteiger partial charge in [0.1, 0.15) is 0 Å². The molecule has 0 unspecified atom stereocenters. The Morgan fingerprint density at radius 2 is 1.09 bits per heavy atom. The topological polar surface area (TPSA) is 0 Å². The Morgan fingerprint density at radius 3 is 1.18 bits per heavy atom. The number of hydrogen-bond acceptors (Lipinski definition) is 0. The number of allylic oxidation sites excluding steroid dienone is 4. The van der Waals surface area contributed by atoms with Gasteiger partial charge in [-0.15, -0.1) is 0 Å². The van der Waals surface area contributed by atoms with E-state index in [9.17, 15) is 0 Å². The van der Waals surface area contributed by atoms with Crippen molar-refractivity contribution < 1.29 is 0 Å². The maximum Gasteiger partial charge on any atom is 0 e. The normalized spacial score (nSPS) is 19.4. The minimum absolute atomic E-state index is 0. The smallest absolute Gasteiger partial charge is 0 e. The van der Waals surface area contributed by atoms with Gasteiger partial charge in [-0.25, -0.2) is 0 Å². The first-order valence-corrected chi connectivity index (χ1v) is 3.90. The molecule has 0 heterocycles. The summed E-state index contributed by atoms with van der Waals surface area (Å²) >= 11 is 0. The van der Waals surface area contributed by atoms with E-state index in [1.54, 1.807) is 11.1 Å². The van der Waals surface area contributed by atoms with Crippen LogP contribution in [0.15, 0.2) is 22.3 Å². The second kappa shape index (κ2) is 3.65. The first-order valence-electron chi connectivity index (χ1n) is 3.90. The Morgan fingerprint density at radius 1 is 0.818 bits per heavy atom. The van der Waals surface area contributed by atoms with Gasteiger partial charge in [-0.2, -0.15) is 0 Å². The van der Waals surface area contributed by atoms with Crippen molar-refractivity contribution in [1.82, 2.24) is 0 Å². The van der Waals surface area contributed by atoms with E-state index < -0.39 is 0 Å². The molecule has 1 rings (SSSR count). The third kappa shape index (κ3) is 1.63. The van der Waals surface area contributed by atoms with E-state index in [0.29, 0.717) is 5.92 Å². The Hall–Kier alpha value is 0.0774. The first-order chi connectivity index (χ1) is 4.55. The molecule has 1 aliphatic carbocycles. The maximum absolute atomic E-state index is 2.28. The average molecular weight is 143 g/mol. The largest absolute Gasteiger partial charge is 0.0632 e. The summed E-state index contributed by atoms with van der Waals surface area (Å²) in [5.41, 5.74) is 6.11. The molecule has 0 aromatic heterocycles. The molecule has 1 heteroatoms. The second-order valence-corrected chi connectivity index (χ2v) is 3.34. The van der Waals surface area contributed by atoms with Crippen LogP contribution in [-0.4, -0.2) is 18.9 Å². The van der Waals surface area contributed by atoms with Gasteiger partial charge in [0.2, 0.25) is 0 Å². The Labute approximate surface area is 81.9 Å². The molecule has 0 spiro atoms. The fraction of sp³-hybridized carbons (Fsp3) is 0.600. The standard InChI is InChI=1S/C10H16.Li/c1-6-7(2)9(4)10(5)8(6)3;/h6H,1-5H3;. The molecule has 0 aliphatic heterocycles. The van der Waals surface area contributed by atoms with Gasteiger partial charge in [-0.05, 0) is 44.8 Å². The van der Waals surface area contributed by atoms with Crippen LogP contribution in [0.4, 0.5) is 0 Å². The number of hydrogen-bond donors (Lipinski definition) is 0. The van der Waals surface area contributed by atoms with Gasteiger partial charge in [0.05, 0.1) is 0 Å². The molecular weight excluding hydrogens is 127 g/mol. The molecular formula is C10H16Li. The fourth-order valence-corrected chi connectivity index (χ4v) is 1.57. The summed E-state index contributed by atoms with van der Waals surface area (Å²) < 4.78 is 0. The zero-order valence-corrected chi connectivity index (χ0v) is 8.58. The van der Waals surface area contributed by atoms with E-state index >= 15 is 0 Å². The van der Waals surface area contributed by atoms with Crippen LogP contribution in [0.1, 0.15) is 34.6 Å². The van der Waals surface area contributed by atoms with Gasteiger partial charge in [-0.3, -0.25) is 0 Å². The van der Waals surface area contributed by atoms with Gasteiger partial charge in [0.25, 0.3) is 0 Å². The summed E-state index contributed by atoms with van der Waals surface area (Å²) in [7, 11) is 0. The van der Waals surface area contributed by atoms with Crippen molar-refractivity contribution in [1.29, 1.82) is 0 Å². The first kappa shape index (κ1) is 11.1. The number of rotatable bonds is 0. The van der Waals surface area contributed by atoms with Gasteiger partial charge in [0.15, 0.2) is 0 Å². The van der Waals surface area contributed by atoms with Gasteiger partial charge in [-0.1, -0.05) is 18.1 Å². The maximum atomic E-state index is 2.28. The molecule has 0 amide bonds. The van der Waals surface area contributed by atoms with E-state index in [2.05, 4.69) is 34.6 Å². The van der Waals surface area contributed by atoms with Crippen molar-refractivity contribution in [2.24, 2.45) is 5.92 Å². The summed E-state index contributed by atoms with van der Waals surface area (Å²) in [6.07, 6.45) is 0. The molecule has 0 aromatic carbocycles. The van der Waals surface area contributed by atoms with E-state index in [1.165, 1.54) is 11.1 Å². The van der Waals surface area contributed by atoms with Gasteiger partial charge in [0, 0.05) is 18.9 Å². The minimum Gasteiger partial charge on any atom is -0.0632 e. The van der Waals surface area contributed by atoms with Crippen molar-refractivity contribution >= 4 is 18.9 Å². The summed E-state index contributed by atoms with van der Waals surface area (Å²) in [5.74, 6) is 0.694. The van der Waals surface area contributed by atoms with Crippen molar-refractivity contribution in [3.05, 3.63) is 22.3 Å². The molecule has 0 saturated heterocycles.